The Kier molecular flexibility index (Phi) is 5.55. The molecule has 0 aliphatic heterocycles. The van der Waals surface area contributed by atoms with Crippen LogP contribution < -0.4 is 15.9 Å². The van der Waals surface area contributed by atoms with Crippen molar-refractivity contribution in [2.45, 2.75) is 0 Å². The number of benzene rings is 2. The Morgan fingerprint density at radius 2 is 1.78 bits per heavy atom. The van der Waals surface area contributed by atoms with E-state index in [1.54, 1.807) is 0 Å². The van der Waals surface area contributed by atoms with Crippen LogP contribution in [0, 0.1) is 10.4 Å². The first kappa shape index (κ1) is 16.8. The molecule has 2 atom stereocenters. The molecule has 2 aromatic carbocycles. The van der Waals surface area contributed by atoms with Gasteiger partial charge in [-0.2, -0.15) is 15.6 Å². The minimum atomic E-state index is -1.24. The van der Waals surface area contributed by atoms with Gasteiger partial charge in [-0.1, -0.05) is 36.9 Å². The van der Waals surface area contributed by atoms with Gasteiger partial charge in [0.2, 0.25) is 0 Å². The van der Waals surface area contributed by atoms with E-state index in [1.807, 2.05) is 30.3 Å². The summed E-state index contributed by atoms with van der Waals surface area (Å²) >= 11 is 0. The van der Waals surface area contributed by atoms with Gasteiger partial charge < -0.3 is 10.4 Å². The normalized spacial score (nSPS) is 13.7. The molecule has 0 aromatic heterocycles. The fourth-order valence-electron chi connectivity index (χ4n) is 1.86. The Bertz CT molecular complexity index is 702. The summed E-state index contributed by atoms with van der Waals surface area (Å²) in [4.78, 5) is 0. The molecular formula is C15H16N4O4. The van der Waals surface area contributed by atoms with Crippen LogP contribution in [-0.4, -0.2) is 16.6 Å². The standard InChI is InChI=1S/C15H16N4O4/c1-11(12-5-3-2-4-6-12)10-16-17-14-8-7-13(18(20)21)9-15(14)19(22)23/h2-10,17-20,22H,1H2. The van der Waals surface area contributed by atoms with Crippen LogP contribution in [0.4, 0.5) is 17.1 Å². The van der Waals surface area contributed by atoms with Gasteiger partial charge in [0.1, 0.15) is 5.69 Å². The summed E-state index contributed by atoms with van der Waals surface area (Å²) in [5.41, 5.74) is 4.05. The maximum Gasteiger partial charge on any atom is 0.195 e. The van der Waals surface area contributed by atoms with Gasteiger partial charge in [0, 0.05) is 6.07 Å². The van der Waals surface area contributed by atoms with Crippen LogP contribution in [0.5, 0.6) is 0 Å². The zero-order valence-corrected chi connectivity index (χ0v) is 12.1. The maximum atomic E-state index is 11.2. The van der Waals surface area contributed by atoms with Gasteiger partial charge in [-0.3, -0.25) is 5.43 Å². The van der Waals surface area contributed by atoms with E-state index in [-0.39, 0.29) is 17.1 Å². The molecule has 0 heterocycles. The average Bonchev–Trinajstić information content (AvgIpc) is 2.55. The van der Waals surface area contributed by atoms with Crippen molar-refractivity contribution >= 4 is 28.8 Å². The highest BCUT2D eigenvalue weighted by atomic mass is 16.8. The van der Waals surface area contributed by atoms with Crippen LogP contribution >= 0.6 is 0 Å². The molecule has 0 radical (unpaired) electrons. The monoisotopic (exact) mass is 316 g/mol. The van der Waals surface area contributed by atoms with Gasteiger partial charge in [-0.15, -0.1) is 0 Å². The molecule has 2 aromatic rings. The molecule has 2 rings (SSSR count). The lowest BCUT2D eigenvalue weighted by atomic mass is 10.1. The lowest BCUT2D eigenvalue weighted by molar-refractivity contribution is -0.996. The summed E-state index contributed by atoms with van der Waals surface area (Å²) < 4.78 is 0. The molecule has 5 N–H and O–H groups in total. The lowest BCUT2D eigenvalue weighted by Crippen LogP contribution is -3.00. The van der Waals surface area contributed by atoms with Gasteiger partial charge in [0.25, 0.3) is 0 Å². The molecule has 0 saturated carbocycles. The summed E-state index contributed by atoms with van der Waals surface area (Å²) in [5.74, 6) is 0. The van der Waals surface area contributed by atoms with E-state index < -0.39 is 10.5 Å². The second-order valence-electron chi connectivity index (χ2n) is 4.63. The van der Waals surface area contributed by atoms with Crippen LogP contribution in [-0.2, 0) is 0 Å². The minimum absolute atomic E-state index is 0.106. The van der Waals surface area contributed by atoms with Gasteiger partial charge in [0.15, 0.2) is 11.4 Å². The van der Waals surface area contributed by atoms with Crippen molar-refractivity contribution in [3.05, 3.63) is 71.1 Å². The minimum Gasteiger partial charge on any atom is -0.595 e. The Balaban J connectivity index is 2.14. The number of nitrogens with one attached hydrogen (secondary N) is 3. The summed E-state index contributed by atoms with van der Waals surface area (Å²) in [5, 5.41) is 41.7. The van der Waals surface area contributed by atoms with Crippen LogP contribution in [0.3, 0.4) is 0 Å². The highest BCUT2D eigenvalue weighted by molar-refractivity contribution is 6.08. The first-order valence-electron chi connectivity index (χ1n) is 6.63. The summed E-state index contributed by atoms with van der Waals surface area (Å²) in [6.07, 6.45) is 1.46. The van der Waals surface area contributed by atoms with Crippen molar-refractivity contribution in [2.75, 3.05) is 5.43 Å². The molecule has 0 fully saturated rings. The molecule has 0 bridgehead atoms. The van der Waals surface area contributed by atoms with E-state index in [0.29, 0.717) is 5.57 Å². The quantitative estimate of drug-likeness (QED) is 0.395. The Morgan fingerprint density at radius 1 is 1.09 bits per heavy atom. The smallest absolute Gasteiger partial charge is 0.195 e. The molecule has 0 spiro atoms. The third-order valence-corrected chi connectivity index (χ3v) is 3.05. The predicted octanol–water partition coefficient (Wildman–Crippen LogP) is 0.605. The fraction of sp³-hybridized carbons (Fsp3) is 0. The van der Waals surface area contributed by atoms with Crippen molar-refractivity contribution in [1.82, 2.24) is 0 Å². The molecule has 23 heavy (non-hydrogen) atoms. The van der Waals surface area contributed by atoms with E-state index in [4.69, 9.17) is 10.4 Å². The average molecular weight is 316 g/mol. The first-order valence-corrected chi connectivity index (χ1v) is 6.63. The van der Waals surface area contributed by atoms with E-state index in [0.717, 1.165) is 11.6 Å². The highest BCUT2D eigenvalue weighted by Crippen LogP contribution is 2.20. The molecule has 0 aliphatic rings. The van der Waals surface area contributed by atoms with Crippen molar-refractivity contribution in [2.24, 2.45) is 5.10 Å². The van der Waals surface area contributed by atoms with Gasteiger partial charge in [0.05, 0.1) is 12.3 Å². The number of anilines is 1. The van der Waals surface area contributed by atoms with Crippen LogP contribution in [0.1, 0.15) is 5.56 Å². The summed E-state index contributed by atoms with van der Waals surface area (Å²) in [7, 11) is 0. The number of rotatable bonds is 6. The first-order chi connectivity index (χ1) is 11.0. The SMILES string of the molecule is C=C(C=NNc1ccc([NH+]([O-])O)cc1[NH+]([O-])O)c1ccccc1. The molecule has 0 amide bonds. The molecule has 0 aliphatic carbocycles. The number of hydrogen-bond acceptors (Lipinski definition) is 6. The molecule has 0 saturated heterocycles. The van der Waals surface area contributed by atoms with E-state index in [1.165, 1.54) is 18.3 Å². The molecule has 8 nitrogen and oxygen atoms in total. The van der Waals surface area contributed by atoms with Gasteiger partial charge >= 0.3 is 0 Å². The van der Waals surface area contributed by atoms with Crippen LogP contribution in [0.15, 0.2) is 60.2 Å². The number of hydrogen-bond donors (Lipinski definition) is 5. The third kappa shape index (κ3) is 4.44. The lowest BCUT2D eigenvalue weighted by Gasteiger charge is -2.18. The van der Waals surface area contributed by atoms with Gasteiger partial charge in [-0.05, 0) is 17.2 Å². The predicted molar refractivity (Wildman–Crippen MR) is 85.6 cm³/mol. The van der Waals surface area contributed by atoms with Crippen LogP contribution in [0.2, 0.25) is 0 Å². The maximum absolute atomic E-state index is 11.2. The molecule has 120 valence electrons. The zero-order chi connectivity index (χ0) is 16.8. The summed E-state index contributed by atoms with van der Waals surface area (Å²) in [6, 6.07) is 13.1. The Morgan fingerprint density at radius 3 is 2.39 bits per heavy atom. The second kappa shape index (κ2) is 7.61. The van der Waals surface area contributed by atoms with Crippen LogP contribution in [0.25, 0.3) is 5.57 Å². The van der Waals surface area contributed by atoms with Crippen molar-refractivity contribution in [3.8, 4) is 0 Å². The van der Waals surface area contributed by atoms with Crippen molar-refractivity contribution in [3.63, 3.8) is 0 Å². The van der Waals surface area contributed by atoms with E-state index in [9.17, 15) is 10.4 Å². The summed E-state index contributed by atoms with van der Waals surface area (Å²) in [6.45, 7) is 3.87. The molecule has 2 unspecified atom stereocenters. The fourth-order valence-corrected chi connectivity index (χ4v) is 1.86. The van der Waals surface area contributed by atoms with Gasteiger partial charge in [-0.25, -0.2) is 10.4 Å². The topological polar surface area (TPSA) is 120 Å². The van der Waals surface area contributed by atoms with Crippen molar-refractivity contribution < 1.29 is 20.9 Å². The van der Waals surface area contributed by atoms with Crippen molar-refractivity contribution in [1.29, 1.82) is 0 Å². The zero-order valence-electron chi connectivity index (χ0n) is 12.1. The number of nitrogens with zero attached hydrogens (tertiary/aromatic N) is 1. The largest absolute Gasteiger partial charge is 0.595 e. The Hall–Kier alpha value is -2.59. The molecular weight excluding hydrogens is 300 g/mol. The number of allylic oxidation sites excluding steroid dienone is 1. The number of quaternary nitrogens is 2. The van der Waals surface area contributed by atoms with E-state index in [2.05, 4.69) is 17.1 Å². The molecule has 8 heteroatoms. The highest BCUT2D eigenvalue weighted by Gasteiger charge is 2.13. The number of hydrazone groups is 1. The van der Waals surface area contributed by atoms with E-state index >= 15 is 0 Å². The Labute approximate surface area is 132 Å². The third-order valence-electron chi connectivity index (χ3n) is 3.05. The second-order valence-corrected chi connectivity index (χ2v) is 4.63.